The highest BCUT2D eigenvalue weighted by molar-refractivity contribution is 5.97. The predicted octanol–water partition coefficient (Wildman–Crippen LogP) is 1.16. The van der Waals surface area contributed by atoms with Crippen LogP contribution < -0.4 is 15.5 Å². The summed E-state index contributed by atoms with van der Waals surface area (Å²) in [4.78, 5) is 25.5. The molecule has 1 atom stereocenters. The molecule has 0 aromatic heterocycles. The van der Waals surface area contributed by atoms with Crippen molar-refractivity contribution in [2.24, 2.45) is 0 Å². The molecule has 2 N–H and O–H groups in total. The highest BCUT2D eigenvalue weighted by Gasteiger charge is 2.22. The summed E-state index contributed by atoms with van der Waals surface area (Å²) >= 11 is 0. The van der Waals surface area contributed by atoms with Gasteiger partial charge in [0.25, 0.3) is 5.91 Å². The minimum atomic E-state index is -0.0921. The van der Waals surface area contributed by atoms with Gasteiger partial charge in [-0.25, -0.2) is 0 Å². The minimum Gasteiger partial charge on any atom is -0.370 e. The van der Waals surface area contributed by atoms with Crippen LogP contribution in [-0.4, -0.2) is 44.2 Å². The van der Waals surface area contributed by atoms with Gasteiger partial charge in [0.15, 0.2) is 0 Å². The van der Waals surface area contributed by atoms with Crippen LogP contribution in [0.5, 0.6) is 0 Å². The zero-order valence-electron chi connectivity index (χ0n) is 12.2. The zero-order chi connectivity index (χ0) is 14.7. The molecule has 1 aromatic carbocycles. The van der Waals surface area contributed by atoms with Crippen LogP contribution in [0.4, 0.5) is 11.4 Å². The van der Waals surface area contributed by atoms with Gasteiger partial charge in [-0.3, -0.25) is 9.59 Å². The van der Waals surface area contributed by atoms with E-state index in [0.29, 0.717) is 13.2 Å². The molecule has 2 amide bonds. The van der Waals surface area contributed by atoms with E-state index in [0.717, 1.165) is 30.8 Å². The van der Waals surface area contributed by atoms with E-state index in [2.05, 4.69) is 10.6 Å². The van der Waals surface area contributed by atoms with Gasteiger partial charge in [0.1, 0.15) is 6.61 Å². The molecule has 120 valence electrons. The maximum atomic E-state index is 12.0. The molecular weight excluding hydrogens is 306 g/mol. The number of amides is 2. The number of rotatable bonds is 3. The van der Waals surface area contributed by atoms with Crippen LogP contribution in [0, 0.1) is 0 Å². The molecule has 2 aliphatic heterocycles. The number of anilines is 2. The molecule has 2 saturated heterocycles. The molecule has 0 aliphatic carbocycles. The number of nitrogens with zero attached hydrogens (tertiary/aromatic N) is 1. The Labute approximate surface area is 135 Å². The van der Waals surface area contributed by atoms with Gasteiger partial charge in [-0.1, -0.05) is 0 Å². The van der Waals surface area contributed by atoms with E-state index < -0.39 is 0 Å². The first kappa shape index (κ1) is 16.7. The van der Waals surface area contributed by atoms with E-state index in [1.54, 1.807) is 4.90 Å². The molecule has 0 saturated carbocycles. The lowest BCUT2D eigenvalue weighted by Gasteiger charge is -2.27. The first-order valence-electron chi connectivity index (χ1n) is 7.26. The number of carbonyl (C=O) groups is 2. The lowest BCUT2D eigenvalue weighted by Crippen LogP contribution is -2.41. The largest absolute Gasteiger partial charge is 0.370 e. The summed E-state index contributed by atoms with van der Waals surface area (Å²) in [5.74, 6) is -0.0316. The predicted molar refractivity (Wildman–Crippen MR) is 86.5 cm³/mol. The van der Waals surface area contributed by atoms with Crippen LogP contribution in [0.2, 0.25) is 0 Å². The monoisotopic (exact) mass is 325 g/mol. The van der Waals surface area contributed by atoms with Gasteiger partial charge >= 0.3 is 0 Å². The maximum absolute atomic E-state index is 12.0. The van der Waals surface area contributed by atoms with Crippen molar-refractivity contribution >= 4 is 35.6 Å². The van der Waals surface area contributed by atoms with E-state index >= 15 is 0 Å². The third kappa shape index (κ3) is 3.76. The Kier molecular flexibility index (Phi) is 5.76. The van der Waals surface area contributed by atoms with Gasteiger partial charge in [0.05, 0.1) is 12.6 Å². The lowest BCUT2D eigenvalue weighted by atomic mass is 10.2. The molecule has 0 spiro atoms. The molecule has 2 aliphatic rings. The summed E-state index contributed by atoms with van der Waals surface area (Å²) in [5, 5.41) is 6.06. The van der Waals surface area contributed by atoms with E-state index in [4.69, 9.17) is 4.74 Å². The molecule has 3 rings (SSSR count). The smallest absolute Gasteiger partial charge is 0.253 e. The summed E-state index contributed by atoms with van der Waals surface area (Å²) in [6.45, 7) is 2.15. The van der Waals surface area contributed by atoms with Crippen LogP contribution in [-0.2, 0) is 14.3 Å². The lowest BCUT2D eigenvalue weighted by molar-refractivity contribution is -0.125. The Morgan fingerprint density at radius 3 is 2.73 bits per heavy atom. The van der Waals surface area contributed by atoms with E-state index in [1.165, 1.54) is 0 Å². The van der Waals surface area contributed by atoms with Crippen molar-refractivity contribution in [3.05, 3.63) is 24.3 Å². The SMILES string of the molecule is Cl.O=C(Nc1ccc(N2CCOCC2=O)cc1)C1CCCN1. The standard InChI is InChI=1S/C15H19N3O3.ClH/c19-14-10-21-9-8-18(14)12-5-3-11(4-6-12)17-15(20)13-2-1-7-16-13;/h3-6,13,16H,1-2,7-10H2,(H,17,20);1H. The Bertz CT molecular complexity index is 529. The Morgan fingerprint density at radius 2 is 2.09 bits per heavy atom. The highest BCUT2D eigenvalue weighted by Crippen LogP contribution is 2.20. The average molecular weight is 326 g/mol. The van der Waals surface area contributed by atoms with Crippen LogP contribution in [0.1, 0.15) is 12.8 Å². The first-order valence-corrected chi connectivity index (χ1v) is 7.26. The van der Waals surface area contributed by atoms with Crippen molar-refractivity contribution in [2.45, 2.75) is 18.9 Å². The first-order chi connectivity index (χ1) is 10.2. The fourth-order valence-corrected chi connectivity index (χ4v) is 2.65. The second kappa shape index (κ2) is 7.58. The Balaban J connectivity index is 0.00000176. The van der Waals surface area contributed by atoms with Crippen molar-refractivity contribution in [3.8, 4) is 0 Å². The van der Waals surface area contributed by atoms with Gasteiger partial charge < -0.3 is 20.3 Å². The van der Waals surface area contributed by atoms with Crippen LogP contribution in [0.3, 0.4) is 0 Å². The molecule has 6 nitrogen and oxygen atoms in total. The van der Waals surface area contributed by atoms with Crippen molar-refractivity contribution in [1.29, 1.82) is 0 Å². The number of hydrogen-bond donors (Lipinski definition) is 2. The normalized spacial score (nSPS) is 21.4. The molecule has 0 radical (unpaired) electrons. The number of halogens is 1. The van der Waals surface area contributed by atoms with Crippen LogP contribution >= 0.6 is 12.4 Å². The van der Waals surface area contributed by atoms with Crippen LogP contribution in [0.25, 0.3) is 0 Å². The average Bonchev–Trinajstić information content (AvgIpc) is 3.03. The zero-order valence-corrected chi connectivity index (χ0v) is 13.0. The van der Waals surface area contributed by atoms with Gasteiger partial charge in [-0.2, -0.15) is 0 Å². The molecular formula is C15H20ClN3O3. The molecule has 1 aromatic rings. The van der Waals surface area contributed by atoms with E-state index in [-0.39, 0.29) is 36.9 Å². The number of nitrogens with one attached hydrogen (secondary N) is 2. The second-order valence-corrected chi connectivity index (χ2v) is 5.28. The van der Waals surface area contributed by atoms with Crippen molar-refractivity contribution in [1.82, 2.24) is 5.32 Å². The minimum absolute atomic E-state index is 0. The van der Waals surface area contributed by atoms with Gasteiger partial charge in [-0.15, -0.1) is 12.4 Å². The summed E-state index contributed by atoms with van der Waals surface area (Å²) in [6, 6.07) is 7.25. The Hall–Kier alpha value is -1.63. The summed E-state index contributed by atoms with van der Waals surface area (Å²) in [6.07, 6.45) is 1.92. The molecule has 1 unspecified atom stereocenters. The number of benzene rings is 1. The van der Waals surface area contributed by atoms with Gasteiger partial charge in [0, 0.05) is 17.9 Å². The fraction of sp³-hybridized carbons (Fsp3) is 0.467. The highest BCUT2D eigenvalue weighted by atomic mass is 35.5. The van der Waals surface area contributed by atoms with Crippen molar-refractivity contribution in [2.75, 3.05) is 36.5 Å². The molecule has 7 heteroatoms. The quantitative estimate of drug-likeness (QED) is 0.875. The molecule has 2 heterocycles. The number of ether oxygens (including phenoxy) is 1. The van der Waals surface area contributed by atoms with E-state index in [9.17, 15) is 9.59 Å². The van der Waals surface area contributed by atoms with E-state index in [1.807, 2.05) is 24.3 Å². The molecule has 2 fully saturated rings. The number of morpholine rings is 1. The number of carbonyl (C=O) groups excluding carboxylic acids is 2. The van der Waals surface area contributed by atoms with Crippen LogP contribution in [0.15, 0.2) is 24.3 Å². The summed E-state index contributed by atoms with van der Waals surface area (Å²) in [7, 11) is 0. The van der Waals surface area contributed by atoms with Crippen molar-refractivity contribution in [3.63, 3.8) is 0 Å². The van der Waals surface area contributed by atoms with Gasteiger partial charge in [-0.05, 0) is 43.7 Å². The third-order valence-corrected chi connectivity index (χ3v) is 3.81. The van der Waals surface area contributed by atoms with Gasteiger partial charge in [0.2, 0.25) is 5.91 Å². The molecule has 0 bridgehead atoms. The van der Waals surface area contributed by atoms with Crippen molar-refractivity contribution < 1.29 is 14.3 Å². The third-order valence-electron chi connectivity index (χ3n) is 3.81. The summed E-state index contributed by atoms with van der Waals surface area (Å²) in [5.41, 5.74) is 1.58. The second-order valence-electron chi connectivity index (χ2n) is 5.28. The topological polar surface area (TPSA) is 70.7 Å². The molecule has 22 heavy (non-hydrogen) atoms. The maximum Gasteiger partial charge on any atom is 0.253 e. The fourth-order valence-electron chi connectivity index (χ4n) is 2.65. The Morgan fingerprint density at radius 1 is 1.32 bits per heavy atom. The number of hydrogen-bond acceptors (Lipinski definition) is 4. The summed E-state index contributed by atoms with van der Waals surface area (Å²) < 4.78 is 5.11.